The lowest BCUT2D eigenvalue weighted by Gasteiger charge is -2.38. The van der Waals surface area contributed by atoms with Crippen LogP contribution < -0.4 is 0 Å². The Hall–Kier alpha value is -0.940. The molecule has 1 aliphatic heterocycles. The molecule has 2 heterocycles. The van der Waals surface area contributed by atoms with E-state index < -0.39 is 0 Å². The maximum atomic E-state index is 9.56. The summed E-state index contributed by atoms with van der Waals surface area (Å²) < 4.78 is 2.15. The highest BCUT2D eigenvalue weighted by atomic mass is 16.3. The molecule has 2 rings (SSSR count). The highest BCUT2D eigenvalue weighted by Gasteiger charge is 2.28. The van der Waals surface area contributed by atoms with Crippen LogP contribution in [0, 0.1) is 12.8 Å². The lowest BCUT2D eigenvalue weighted by Crippen LogP contribution is -2.46. The van der Waals surface area contributed by atoms with Crippen molar-refractivity contribution in [3.63, 3.8) is 0 Å². The van der Waals surface area contributed by atoms with Crippen LogP contribution in [-0.2, 0) is 13.1 Å². The van der Waals surface area contributed by atoms with E-state index in [1.54, 1.807) is 0 Å². The Bertz CT molecular complexity index is 390. The van der Waals surface area contributed by atoms with Gasteiger partial charge in [0.25, 0.3) is 0 Å². The second kappa shape index (κ2) is 5.80. The first kappa shape index (κ1) is 13.5. The van der Waals surface area contributed by atoms with Gasteiger partial charge in [-0.05, 0) is 39.2 Å². The Labute approximate surface area is 109 Å². The summed E-state index contributed by atoms with van der Waals surface area (Å²) in [6.45, 7) is 9.31. The molecule has 102 valence electrons. The van der Waals surface area contributed by atoms with Gasteiger partial charge in [-0.2, -0.15) is 0 Å². The summed E-state index contributed by atoms with van der Waals surface area (Å²) in [6.07, 6.45) is 2.41. The van der Waals surface area contributed by atoms with Crippen molar-refractivity contribution >= 4 is 0 Å². The summed E-state index contributed by atoms with van der Waals surface area (Å²) in [7, 11) is 0. The minimum absolute atomic E-state index is 0.237. The molecule has 1 aliphatic rings. The molecule has 0 bridgehead atoms. The van der Waals surface area contributed by atoms with E-state index in [0.29, 0.717) is 5.92 Å². The van der Waals surface area contributed by atoms with Crippen LogP contribution >= 0.6 is 0 Å². The number of aromatic nitrogens is 3. The zero-order valence-electron chi connectivity index (χ0n) is 11.6. The molecule has 1 N–H and O–H groups in total. The topological polar surface area (TPSA) is 54.2 Å². The molecule has 0 radical (unpaired) electrons. The number of hydrogen-bond donors (Lipinski definition) is 1. The molecule has 5 heteroatoms. The van der Waals surface area contributed by atoms with Crippen molar-refractivity contribution in [1.29, 1.82) is 0 Å². The third kappa shape index (κ3) is 2.57. The van der Waals surface area contributed by atoms with Crippen molar-refractivity contribution in [3.8, 4) is 0 Å². The van der Waals surface area contributed by atoms with Gasteiger partial charge >= 0.3 is 0 Å². The van der Waals surface area contributed by atoms with E-state index in [4.69, 9.17) is 0 Å². The molecule has 1 aromatic heterocycles. The van der Waals surface area contributed by atoms with E-state index in [1.165, 1.54) is 12.8 Å². The third-order valence-electron chi connectivity index (χ3n) is 4.09. The van der Waals surface area contributed by atoms with Crippen LogP contribution in [0.5, 0.6) is 0 Å². The van der Waals surface area contributed by atoms with Gasteiger partial charge in [-0.3, -0.25) is 4.90 Å². The first-order valence-corrected chi connectivity index (χ1v) is 6.91. The number of piperidine rings is 1. The van der Waals surface area contributed by atoms with E-state index in [9.17, 15) is 5.11 Å². The van der Waals surface area contributed by atoms with E-state index in [2.05, 4.69) is 33.5 Å². The molecule has 0 aromatic carbocycles. The van der Waals surface area contributed by atoms with Gasteiger partial charge in [0, 0.05) is 12.6 Å². The van der Waals surface area contributed by atoms with Crippen LogP contribution in [0.4, 0.5) is 0 Å². The molecule has 0 saturated carbocycles. The molecule has 18 heavy (non-hydrogen) atoms. The summed E-state index contributed by atoms with van der Waals surface area (Å²) in [4.78, 5) is 2.35. The number of likely N-dealkylation sites (tertiary alicyclic amines) is 1. The SMILES string of the molecule is CCn1c(C)nnc1CN1CCCC(C)C1CO. The molecule has 1 aromatic rings. The predicted molar refractivity (Wildman–Crippen MR) is 70.1 cm³/mol. The van der Waals surface area contributed by atoms with Gasteiger partial charge in [0.2, 0.25) is 0 Å². The predicted octanol–water partition coefficient (Wildman–Crippen LogP) is 1.20. The molecule has 1 saturated heterocycles. The number of aliphatic hydroxyl groups is 1. The highest BCUT2D eigenvalue weighted by molar-refractivity contribution is 4.95. The quantitative estimate of drug-likeness (QED) is 0.875. The maximum absolute atomic E-state index is 9.56. The van der Waals surface area contributed by atoms with E-state index in [-0.39, 0.29) is 12.6 Å². The van der Waals surface area contributed by atoms with Gasteiger partial charge in [0.05, 0.1) is 13.2 Å². The van der Waals surface area contributed by atoms with Gasteiger partial charge in [-0.25, -0.2) is 0 Å². The van der Waals surface area contributed by atoms with Gasteiger partial charge in [-0.15, -0.1) is 10.2 Å². The smallest absolute Gasteiger partial charge is 0.147 e. The first-order chi connectivity index (χ1) is 8.67. The number of rotatable bonds is 4. The Morgan fingerprint density at radius 2 is 2.17 bits per heavy atom. The second-order valence-corrected chi connectivity index (χ2v) is 5.25. The number of aryl methyl sites for hydroxylation is 1. The molecule has 0 aliphatic carbocycles. The fraction of sp³-hybridized carbons (Fsp3) is 0.846. The highest BCUT2D eigenvalue weighted by Crippen LogP contribution is 2.24. The minimum Gasteiger partial charge on any atom is -0.395 e. The van der Waals surface area contributed by atoms with Crippen LogP contribution in [0.25, 0.3) is 0 Å². The normalized spacial score (nSPS) is 25.6. The van der Waals surface area contributed by atoms with Gasteiger partial charge in [0.15, 0.2) is 0 Å². The van der Waals surface area contributed by atoms with Crippen molar-refractivity contribution in [2.24, 2.45) is 5.92 Å². The molecule has 5 nitrogen and oxygen atoms in total. The lowest BCUT2D eigenvalue weighted by molar-refractivity contribution is 0.0446. The maximum Gasteiger partial charge on any atom is 0.147 e. The fourth-order valence-corrected chi connectivity index (χ4v) is 2.96. The zero-order valence-corrected chi connectivity index (χ0v) is 11.6. The standard InChI is InChI=1S/C13H24N4O/c1-4-17-11(3)14-15-13(17)8-16-7-5-6-10(2)12(16)9-18/h10,12,18H,4-9H2,1-3H3. The fourth-order valence-electron chi connectivity index (χ4n) is 2.96. The molecular formula is C13H24N4O. The molecule has 0 spiro atoms. The average Bonchev–Trinajstić information content (AvgIpc) is 2.70. The summed E-state index contributed by atoms with van der Waals surface area (Å²) in [5, 5.41) is 18.0. The summed E-state index contributed by atoms with van der Waals surface area (Å²) in [5.41, 5.74) is 0. The summed E-state index contributed by atoms with van der Waals surface area (Å²) >= 11 is 0. The number of hydrogen-bond acceptors (Lipinski definition) is 4. The Morgan fingerprint density at radius 1 is 1.39 bits per heavy atom. The van der Waals surface area contributed by atoms with Gasteiger partial charge < -0.3 is 9.67 Å². The van der Waals surface area contributed by atoms with Crippen molar-refractivity contribution in [3.05, 3.63) is 11.6 Å². The minimum atomic E-state index is 0.237. The van der Waals surface area contributed by atoms with Crippen molar-refractivity contribution in [2.75, 3.05) is 13.2 Å². The van der Waals surface area contributed by atoms with Gasteiger partial charge in [0.1, 0.15) is 11.6 Å². The van der Waals surface area contributed by atoms with Crippen LogP contribution in [0.2, 0.25) is 0 Å². The van der Waals surface area contributed by atoms with Gasteiger partial charge in [-0.1, -0.05) is 6.92 Å². The van der Waals surface area contributed by atoms with Crippen LogP contribution in [-0.4, -0.2) is 44.0 Å². The largest absolute Gasteiger partial charge is 0.395 e. The Balaban J connectivity index is 2.11. The number of aliphatic hydroxyl groups excluding tert-OH is 1. The molecule has 2 unspecified atom stereocenters. The third-order valence-corrected chi connectivity index (χ3v) is 4.09. The molecule has 0 amide bonds. The Morgan fingerprint density at radius 3 is 2.83 bits per heavy atom. The van der Waals surface area contributed by atoms with E-state index >= 15 is 0 Å². The van der Waals surface area contributed by atoms with Crippen molar-refractivity contribution in [2.45, 2.75) is 52.7 Å². The van der Waals surface area contributed by atoms with Crippen molar-refractivity contribution < 1.29 is 5.11 Å². The number of nitrogens with zero attached hydrogens (tertiary/aromatic N) is 4. The molecule has 2 atom stereocenters. The molecular weight excluding hydrogens is 228 g/mol. The first-order valence-electron chi connectivity index (χ1n) is 6.91. The Kier molecular flexibility index (Phi) is 4.35. The van der Waals surface area contributed by atoms with E-state index in [0.717, 1.165) is 31.3 Å². The van der Waals surface area contributed by atoms with Crippen LogP contribution in [0.3, 0.4) is 0 Å². The van der Waals surface area contributed by atoms with Crippen molar-refractivity contribution in [1.82, 2.24) is 19.7 Å². The molecule has 1 fully saturated rings. The summed E-state index contributed by atoms with van der Waals surface area (Å²) in [5.74, 6) is 2.54. The van der Waals surface area contributed by atoms with Crippen LogP contribution in [0.1, 0.15) is 38.3 Å². The lowest BCUT2D eigenvalue weighted by atomic mass is 9.91. The van der Waals surface area contributed by atoms with E-state index in [1.807, 2.05) is 6.92 Å². The average molecular weight is 252 g/mol. The second-order valence-electron chi connectivity index (χ2n) is 5.25. The zero-order chi connectivity index (χ0) is 13.1. The van der Waals surface area contributed by atoms with Crippen LogP contribution in [0.15, 0.2) is 0 Å². The monoisotopic (exact) mass is 252 g/mol. The summed E-state index contributed by atoms with van der Waals surface area (Å²) in [6, 6.07) is 0.265.